The summed E-state index contributed by atoms with van der Waals surface area (Å²) in [6, 6.07) is 15.9. The third kappa shape index (κ3) is 11.0. The van der Waals surface area contributed by atoms with Gasteiger partial charge in [0.2, 0.25) is 0 Å². The van der Waals surface area contributed by atoms with E-state index in [1.54, 1.807) is 0 Å². The summed E-state index contributed by atoms with van der Waals surface area (Å²) in [6.07, 6.45) is 6.50. The van der Waals surface area contributed by atoms with Crippen LogP contribution in [0.4, 0.5) is 0 Å². The van der Waals surface area contributed by atoms with Gasteiger partial charge in [0.25, 0.3) is 0 Å². The highest BCUT2D eigenvalue weighted by Crippen LogP contribution is 2.42. The molecule has 2 aromatic carbocycles. The minimum atomic E-state index is -0.476. The maximum absolute atomic E-state index is 11.6. The largest absolute Gasteiger partial charge is 0.507 e. The molecule has 0 radical (unpaired) electrons. The van der Waals surface area contributed by atoms with Gasteiger partial charge < -0.3 is 5.11 Å². The second kappa shape index (κ2) is 14.6. The van der Waals surface area contributed by atoms with E-state index in [0.717, 1.165) is 38.2 Å². The smallest absolute Gasteiger partial charge is 0.122 e. The zero-order valence-electron chi connectivity index (χ0n) is 30.0. The molecule has 0 aliphatic heterocycles. The van der Waals surface area contributed by atoms with Crippen LogP contribution >= 0.6 is 16.5 Å². The lowest BCUT2D eigenvalue weighted by molar-refractivity contribution is 0.389. The summed E-state index contributed by atoms with van der Waals surface area (Å²) >= 11 is 0. The van der Waals surface area contributed by atoms with Gasteiger partial charge in [0.1, 0.15) is 5.76 Å². The van der Waals surface area contributed by atoms with Gasteiger partial charge in [-0.2, -0.15) is 0 Å². The van der Waals surface area contributed by atoms with Gasteiger partial charge in [-0.25, -0.2) is 0 Å². The minimum absolute atomic E-state index is 0.0497. The van der Waals surface area contributed by atoms with Gasteiger partial charge in [-0.05, 0) is 98.9 Å². The molecule has 0 aliphatic rings. The van der Waals surface area contributed by atoms with Gasteiger partial charge in [-0.1, -0.05) is 152 Å². The molecule has 0 amide bonds. The SMILES string of the molecule is C=C(CP(CCPCc1cc(C(C)(C)C)cc(C(C)(C)C)c1C)c1ccccc1)/C(O)=C(\C=C(/C)C(C)(C)C)C(C)(C)C. The number of benzene rings is 2. The lowest BCUT2D eigenvalue weighted by Crippen LogP contribution is -2.19. The van der Waals surface area contributed by atoms with Crippen molar-refractivity contribution in [1.29, 1.82) is 0 Å². The zero-order chi connectivity index (χ0) is 33.0. The minimum Gasteiger partial charge on any atom is -0.507 e. The van der Waals surface area contributed by atoms with Crippen LogP contribution < -0.4 is 5.30 Å². The van der Waals surface area contributed by atoms with Crippen LogP contribution in [0.1, 0.15) is 112 Å². The predicted octanol–water partition coefficient (Wildman–Crippen LogP) is 12.0. The maximum atomic E-state index is 11.6. The monoisotopic (exact) mass is 620 g/mol. The summed E-state index contributed by atoms with van der Waals surface area (Å²) in [7, 11) is 0.397. The summed E-state index contributed by atoms with van der Waals surface area (Å²) in [6.45, 7) is 36.2. The molecule has 2 atom stereocenters. The maximum Gasteiger partial charge on any atom is 0.122 e. The van der Waals surface area contributed by atoms with Crippen LogP contribution in [0.3, 0.4) is 0 Å². The molecule has 0 saturated carbocycles. The van der Waals surface area contributed by atoms with Crippen molar-refractivity contribution >= 4 is 21.8 Å². The van der Waals surface area contributed by atoms with Crippen molar-refractivity contribution in [2.24, 2.45) is 10.8 Å². The van der Waals surface area contributed by atoms with Crippen LogP contribution in [-0.4, -0.2) is 23.6 Å². The first-order valence-corrected chi connectivity index (χ1v) is 19.1. The number of allylic oxidation sites excluding steroid dienone is 4. The van der Waals surface area contributed by atoms with Crippen molar-refractivity contribution in [1.82, 2.24) is 0 Å². The topological polar surface area (TPSA) is 20.2 Å². The van der Waals surface area contributed by atoms with Crippen LogP contribution in [0.5, 0.6) is 0 Å². The van der Waals surface area contributed by atoms with E-state index < -0.39 is 7.92 Å². The van der Waals surface area contributed by atoms with E-state index >= 15 is 0 Å². The fraction of sp³-hybridized carbons (Fsp3) is 0.550. The molecule has 0 fully saturated rings. The van der Waals surface area contributed by atoms with Crippen molar-refractivity contribution in [3.05, 3.63) is 99.9 Å². The molecule has 0 saturated heterocycles. The van der Waals surface area contributed by atoms with E-state index in [1.807, 2.05) is 0 Å². The first-order chi connectivity index (χ1) is 19.5. The normalized spacial score (nSPS) is 15.2. The Morgan fingerprint density at radius 3 is 1.93 bits per heavy atom. The van der Waals surface area contributed by atoms with E-state index in [9.17, 15) is 5.11 Å². The Hall–Kier alpha value is -1.68. The number of rotatable bonds is 10. The Kier molecular flexibility index (Phi) is 12.7. The summed E-state index contributed by atoms with van der Waals surface area (Å²) in [5.74, 6) is 0.381. The van der Waals surface area contributed by atoms with Crippen LogP contribution in [0.15, 0.2) is 77.6 Å². The average Bonchev–Trinajstić information content (AvgIpc) is 2.87. The van der Waals surface area contributed by atoms with Gasteiger partial charge in [-0.3, -0.25) is 0 Å². The van der Waals surface area contributed by atoms with Crippen molar-refractivity contribution in [3.63, 3.8) is 0 Å². The quantitative estimate of drug-likeness (QED) is 0.121. The second-order valence-electron chi connectivity index (χ2n) is 16.4. The average molecular weight is 621 g/mol. The summed E-state index contributed by atoms with van der Waals surface area (Å²) < 4.78 is 0. The fourth-order valence-corrected chi connectivity index (χ4v) is 9.44. The van der Waals surface area contributed by atoms with E-state index in [0.29, 0.717) is 5.76 Å². The Labute approximate surface area is 269 Å². The predicted molar refractivity (Wildman–Crippen MR) is 200 cm³/mol. The lowest BCUT2D eigenvalue weighted by Gasteiger charge is -2.29. The van der Waals surface area contributed by atoms with E-state index in [4.69, 9.17) is 0 Å². The van der Waals surface area contributed by atoms with Crippen molar-refractivity contribution < 1.29 is 5.11 Å². The molecule has 2 aromatic rings. The highest BCUT2D eigenvalue weighted by atomic mass is 31.1. The summed E-state index contributed by atoms with van der Waals surface area (Å²) in [5, 5.41) is 13.0. The fourth-order valence-electron chi connectivity index (χ4n) is 5.11. The zero-order valence-corrected chi connectivity index (χ0v) is 31.9. The molecular weight excluding hydrogens is 558 g/mol. The molecule has 0 spiro atoms. The molecule has 2 unspecified atom stereocenters. The van der Waals surface area contributed by atoms with Crippen LogP contribution in [0.2, 0.25) is 0 Å². The first-order valence-electron chi connectivity index (χ1n) is 16.0. The molecule has 1 N–H and O–H groups in total. The number of aliphatic hydroxyl groups excluding tert-OH is 1. The molecule has 0 aromatic heterocycles. The van der Waals surface area contributed by atoms with Gasteiger partial charge in [0.15, 0.2) is 0 Å². The van der Waals surface area contributed by atoms with Gasteiger partial charge in [0.05, 0.1) is 0 Å². The Morgan fingerprint density at radius 1 is 0.860 bits per heavy atom. The lowest BCUT2D eigenvalue weighted by atomic mass is 9.77. The standard InChI is InChI=1S/C40H62OP2/c1-28(36(41)35(40(13,14)15)23-29(2)37(4,5)6)27-43(33-19-17-16-18-20-33)22-21-42-26-31-24-32(38(7,8)9)25-34(30(31)3)39(10,11)12/h16-20,23-25,41-42H,1,21-22,26-27H2,2-15H3/b29-23+,36-35-. The molecule has 3 heteroatoms. The van der Waals surface area contributed by atoms with Gasteiger partial charge in [0, 0.05) is 0 Å². The highest BCUT2D eigenvalue weighted by Gasteiger charge is 2.26. The highest BCUT2D eigenvalue weighted by molar-refractivity contribution is 7.66. The third-order valence-electron chi connectivity index (χ3n) is 8.51. The van der Waals surface area contributed by atoms with E-state index in [-0.39, 0.29) is 21.7 Å². The van der Waals surface area contributed by atoms with Crippen LogP contribution in [-0.2, 0) is 17.0 Å². The molecular formula is C40H62OP2. The van der Waals surface area contributed by atoms with Crippen molar-refractivity contribution in [2.45, 2.75) is 114 Å². The van der Waals surface area contributed by atoms with Crippen LogP contribution in [0, 0.1) is 17.8 Å². The Morgan fingerprint density at radius 2 is 1.44 bits per heavy atom. The molecule has 238 valence electrons. The molecule has 0 heterocycles. The first kappa shape index (κ1) is 37.5. The Bertz CT molecular complexity index is 1300. The molecule has 1 nitrogen and oxygen atoms in total. The van der Waals surface area contributed by atoms with Gasteiger partial charge >= 0.3 is 0 Å². The van der Waals surface area contributed by atoms with Crippen LogP contribution in [0.25, 0.3) is 0 Å². The van der Waals surface area contributed by atoms with Gasteiger partial charge in [-0.15, -0.1) is 8.58 Å². The third-order valence-corrected chi connectivity index (χ3v) is 12.7. The molecule has 0 bridgehead atoms. The number of hydrogen-bond acceptors (Lipinski definition) is 1. The molecule has 0 aliphatic carbocycles. The van der Waals surface area contributed by atoms with Crippen molar-refractivity contribution in [3.8, 4) is 0 Å². The summed E-state index contributed by atoms with van der Waals surface area (Å²) in [5.41, 5.74) is 9.16. The Balaban J connectivity index is 2.32. The second-order valence-corrected chi connectivity index (χ2v) is 20.1. The van der Waals surface area contributed by atoms with E-state index in [2.05, 4.69) is 152 Å². The molecule has 2 rings (SSSR count). The van der Waals surface area contributed by atoms with E-state index in [1.165, 1.54) is 39.3 Å². The molecule has 43 heavy (non-hydrogen) atoms. The number of aliphatic hydroxyl groups is 1. The number of hydrogen-bond donors (Lipinski definition) is 1. The summed E-state index contributed by atoms with van der Waals surface area (Å²) in [4.78, 5) is 0. The van der Waals surface area contributed by atoms with Crippen molar-refractivity contribution in [2.75, 3.05) is 18.5 Å².